The van der Waals surface area contributed by atoms with Crippen molar-refractivity contribution in [1.82, 2.24) is 5.32 Å². The first-order valence-corrected chi connectivity index (χ1v) is 10.5. The molecule has 0 aromatic heterocycles. The summed E-state index contributed by atoms with van der Waals surface area (Å²) in [5.74, 6) is 1.40. The van der Waals surface area contributed by atoms with Crippen molar-refractivity contribution in [3.05, 3.63) is 59.1 Å². The molecule has 4 nitrogen and oxygen atoms in total. The zero-order valence-electron chi connectivity index (χ0n) is 16.5. The Bertz CT molecular complexity index is 748. The lowest BCUT2D eigenvalue weighted by Gasteiger charge is -2.40. The van der Waals surface area contributed by atoms with Gasteiger partial charge in [-0.15, -0.1) is 0 Å². The number of aliphatic hydroxyl groups is 1. The third-order valence-corrected chi connectivity index (χ3v) is 5.85. The summed E-state index contributed by atoms with van der Waals surface area (Å²) in [5, 5.41) is 15.9. The van der Waals surface area contributed by atoms with Crippen LogP contribution in [0.15, 0.2) is 48.5 Å². The number of rotatable bonds is 9. The van der Waals surface area contributed by atoms with Gasteiger partial charge in [0.25, 0.3) is 0 Å². The normalized spacial score (nSPS) is 19.2. The standard InChI is InChI=1S/C23H30ClNO3/c1-27-16-7-6-14-23(26,18-9-8-15-25-17-18)19-10-2-4-12-21(19)28-22-13-5-3-11-20(22)24/h2-5,10-13,18,25-26H,6-9,14-17H2,1H3/t18-,23+/m1/s1. The van der Waals surface area contributed by atoms with E-state index in [1.807, 2.05) is 48.5 Å². The lowest BCUT2D eigenvalue weighted by atomic mass is 9.74. The van der Waals surface area contributed by atoms with Crippen LogP contribution in [-0.2, 0) is 10.3 Å². The zero-order valence-corrected chi connectivity index (χ0v) is 17.3. The van der Waals surface area contributed by atoms with Gasteiger partial charge in [-0.1, -0.05) is 41.9 Å². The molecule has 2 aromatic carbocycles. The Morgan fingerprint density at radius 3 is 2.57 bits per heavy atom. The Balaban J connectivity index is 1.91. The van der Waals surface area contributed by atoms with E-state index in [2.05, 4.69) is 5.32 Å². The number of benzene rings is 2. The topological polar surface area (TPSA) is 50.7 Å². The predicted molar refractivity (Wildman–Crippen MR) is 113 cm³/mol. The van der Waals surface area contributed by atoms with Gasteiger partial charge in [-0.25, -0.2) is 0 Å². The van der Waals surface area contributed by atoms with Crippen LogP contribution < -0.4 is 10.1 Å². The molecule has 152 valence electrons. The van der Waals surface area contributed by atoms with Gasteiger partial charge in [-0.2, -0.15) is 0 Å². The van der Waals surface area contributed by atoms with Gasteiger partial charge in [0.2, 0.25) is 0 Å². The van der Waals surface area contributed by atoms with E-state index in [9.17, 15) is 5.11 Å². The smallest absolute Gasteiger partial charge is 0.146 e. The van der Waals surface area contributed by atoms with Gasteiger partial charge in [0.1, 0.15) is 11.5 Å². The number of hydrogen-bond donors (Lipinski definition) is 2. The second-order valence-electron chi connectivity index (χ2n) is 7.45. The molecule has 0 bridgehead atoms. The highest BCUT2D eigenvalue weighted by molar-refractivity contribution is 6.32. The highest BCUT2D eigenvalue weighted by Crippen LogP contribution is 2.44. The van der Waals surface area contributed by atoms with Gasteiger partial charge in [0.15, 0.2) is 0 Å². The van der Waals surface area contributed by atoms with Gasteiger partial charge in [-0.05, 0) is 56.8 Å². The summed E-state index contributed by atoms with van der Waals surface area (Å²) < 4.78 is 11.4. The number of piperidine rings is 1. The molecule has 0 amide bonds. The molecule has 5 heteroatoms. The van der Waals surface area contributed by atoms with Crippen LogP contribution in [0.3, 0.4) is 0 Å². The van der Waals surface area contributed by atoms with E-state index in [4.69, 9.17) is 21.1 Å². The minimum atomic E-state index is -0.959. The SMILES string of the molecule is COCCCC[C@@](O)(c1ccccc1Oc1ccccc1Cl)[C@@H]1CCCNC1. The van der Waals surface area contributed by atoms with Crippen LogP contribution in [0.5, 0.6) is 11.5 Å². The summed E-state index contributed by atoms with van der Waals surface area (Å²) in [4.78, 5) is 0. The molecule has 1 aliphatic rings. The highest BCUT2D eigenvalue weighted by Gasteiger charge is 2.40. The van der Waals surface area contributed by atoms with E-state index in [1.54, 1.807) is 7.11 Å². The number of methoxy groups -OCH3 is 1. The Kier molecular flexibility index (Phi) is 7.74. The molecule has 1 aliphatic heterocycles. The van der Waals surface area contributed by atoms with Crippen LogP contribution >= 0.6 is 11.6 Å². The van der Waals surface area contributed by atoms with E-state index in [1.165, 1.54) is 0 Å². The average molecular weight is 404 g/mol. The molecule has 2 aromatic rings. The number of halogens is 1. The summed E-state index contributed by atoms with van der Waals surface area (Å²) in [5.41, 5.74) is -0.125. The van der Waals surface area contributed by atoms with Crippen molar-refractivity contribution in [3.63, 3.8) is 0 Å². The van der Waals surface area contributed by atoms with Crippen molar-refractivity contribution in [1.29, 1.82) is 0 Å². The van der Waals surface area contributed by atoms with Crippen LogP contribution in [-0.4, -0.2) is 31.9 Å². The lowest BCUT2D eigenvalue weighted by Crippen LogP contribution is -2.44. The van der Waals surface area contributed by atoms with Gasteiger partial charge >= 0.3 is 0 Å². The number of hydrogen-bond acceptors (Lipinski definition) is 4. The monoisotopic (exact) mass is 403 g/mol. The molecule has 1 saturated heterocycles. The summed E-state index contributed by atoms with van der Waals surface area (Å²) in [6, 6.07) is 15.2. The first-order valence-electron chi connectivity index (χ1n) is 10.1. The molecule has 2 N–H and O–H groups in total. The fourth-order valence-corrected chi connectivity index (χ4v) is 4.19. The van der Waals surface area contributed by atoms with Crippen molar-refractivity contribution in [2.75, 3.05) is 26.8 Å². The van der Waals surface area contributed by atoms with Crippen molar-refractivity contribution in [2.24, 2.45) is 5.92 Å². The Morgan fingerprint density at radius 2 is 1.86 bits per heavy atom. The summed E-state index contributed by atoms with van der Waals surface area (Å²) in [7, 11) is 1.71. The number of nitrogens with one attached hydrogen (secondary N) is 1. The van der Waals surface area contributed by atoms with E-state index < -0.39 is 5.60 Å². The second-order valence-corrected chi connectivity index (χ2v) is 7.85. The molecular formula is C23H30ClNO3. The Labute approximate surface area is 172 Å². The van der Waals surface area contributed by atoms with Crippen molar-refractivity contribution >= 4 is 11.6 Å². The quantitative estimate of drug-likeness (QED) is 0.569. The van der Waals surface area contributed by atoms with E-state index in [-0.39, 0.29) is 5.92 Å². The fraction of sp³-hybridized carbons (Fsp3) is 0.478. The molecule has 28 heavy (non-hydrogen) atoms. The van der Waals surface area contributed by atoms with Crippen molar-refractivity contribution < 1.29 is 14.6 Å². The minimum Gasteiger partial charge on any atom is -0.455 e. The molecule has 0 aliphatic carbocycles. The minimum absolute atomic E-state index is 0.139. The van der Waals surface area contributed by atoms with Crippen LogP contribution in [0.4, 0.5) is 0 Å². The largest absolute Gasteiger partial charge is 0.455 e. The highest BCUT2D eigenvalue weighted by atomic mass is 35.5. The third-order valence-electron chi connectivity index (χ3n) is 5.54. The Hall–Kier alpha value is -1.59. The molecule has 2 atom stereocenters. The van der Waals surface area contributed by atoms with E-state index in [0.717, 1.165) is 44.3 Å². The van der Waals surface area contributed by atoms with Crippen LogP contribution in [0.25, 0.3) is 0 Å². The van der Waals surface area contributed by atoms with Crippen molar-refractivity contribution in [3.8, 4) is 11.5 Å². The molecule has 0 unspecified atom stereocenters. The predicted octanol–water partition coefficient (Wildman–Crippen LogP) is 5.14. The summed E-state index contributed by atoms with van der Waals surface area (Å²) >= 11 is 6.30. The number of unbranched alkanes of at least 4 members (excludes halogenated alkanes) is 1. The maximum absolute atomic E-state index is 11.9. The molecular weight excluding hydrogens is 374 g/mol. The van der Waals surface area contributed by atoms with E-state index in [0.29, 0.717) is 29.5 Å². The third kappa shape index (κ3) is 5.06. The second kappa shape index (κ2) is 10.3. The maximum Gasteiger partial charge on any atom is 0.146 e. The lowest BCUT2D eigenvalue weighted by molar-refractivity contribution is -0.0446. The van der Waals surface area contributed by atoms with Gasteiger partial charge in [-0.3, -0.25) is 0 Å². The first kappa shape index (κ1) is 21.1. The molecule has 0 radical (unpaired) electrons. The van der Waals surface area contributed by atoms with Crippen LogP contribution in [0, 0.1) is 5.92 Å². The average Bonchev–Trinajstić information content (AvgIpc) is 2.74. The molecule has 3 rings (SSSR count). The van der Waals surface area contributed by atoms with E-state index >= 15 is 0 Å². The van der Waals surface area contributed by atoms with Crippen LogP contribution in [0.1, 0.15) is 37.7 Å². The molecule has 1 fully saturated rings. The maximum atomic E-state index is 11.9. The fourth-order valence-electron chi connectivity index (χ4n) is 4.02. The van der Waals surface area contributed by atoms with Crippen molar-refractivity contribution in [2.45, 2.75) is 37.7 Å². The first-order chi connectivity index (χ1) is 13.6. The van der Waals surface area contributed by atoms with Gasteiger partial charge < -0.3 is 19.9 Å². The summed E-state index contributed by atoms with van der Waals surface area (Å²) in [6.45, 7) is 2.52. The molecule has 0 saturated carbocycles. The van der Waals surface area contributed by atoms with Gasteiger partial charge in [0.05, 0.1) is 10.6 Å². The van der Waals surface area contributed by atoms with Gasteiger partial charge in [0, 0.05) is 31.7 Å². The molecule has 0 spiro atoms. The number of para-hydroxylation sites is 2. The Morgan fingerprint density at radius 1 is 1.11 bits per heavy atom. The van der Waals surface area contributed by atoms with Crippen LogP contribution in [0.2, 0.25) is 5.02 Å². The molecule has 1 heterocycles. The summed E-state index contributed by atoms with van der Waals surface area (Å²) in [6.07, 6.45) is 4.55. The zero-order chi connectivity index (χ0) is 19.8. The number of ether oxygens (including phenoxy) is 2.